The number of rotatable bonds is 7. The van der Waals surface area contributed by atoms with Crippen molar-refractivity contribution in [3.63, 3.8) is 0 Å². The molecule has 0 radical (unpaired) electrons. The summed E-state index contributed by atoms with van der Waals surface area (Å²) in [6, 6.07) is 12.4. The zero-order valence-corrected chi connectivity index (χ0v) is 14.7. The van der Waals surface area contributed by atoms with E-state index in [9.17, 15) is 14.4 Å². The van der Waals surface area contributed by atoms with E-state index >= 15 is 0 Å². The lowest BCUT2D eigenvalue weighted by Gasteiger charge is -2.07. The Morgan fingerprint density at radius 2 is 1.58 bits per heavy atom. The Bertz CT molecular complexity index is 845. The predicted molar refractivity (Wildman–Crippen MR) is 96.9 cm³/mol. The van der Waals surface area contributed by atoms with Crippen molar-refractivity contribution in [2.45, 2.75) is 0 Å². The third-order valence-corrected chi connectivity index (χ3v) is 3.55. The van der Waals surface area contributed by atoms with E-state index in [1.807, 2.05) is 0 Å². The number of anilines is 1. The molecule has 1 N–H and O–H groups in total. The highest BCUT2D eigenvalue weighted by Gasteiger charge is 2.29. The fourth-order valence-corrected chi connectivity index (χ4v) is 2.04. The number of nitrogens with zero attached hydrogens (tertiary/aromatic N) is 1. The van der Waals surface area contributed by atoms with Gasteiger partial charge in [-0.2, -0.15) is 5.10 Å². The summed E-state index contributed by atoms with van der Waals surface area (Å²) >= 11 is 5.80. The van der Waals surface area contributed by atoms with Crippen LogP contribution >= 0.6 is 11.6 Å². The molecule has 0 saturated heterocycles. The van der Waals surface area contributed by atoms with Crippen LogP contribution in [0, 0.1) is 0 Å². The summed E-state index contributed by atoms with van der Waals surface area (Å²) in [5, 5.41) is 4.32. The number of halogens is 1. The van der Waals surface area contributed by atoms with Gasteiger partial charge in [-0.1, -0.05) is 11.6 Å². The maximum atomic E-state index is 12.6. The van der Waals surface area contributed by atoms with Gasteiger partial charge in [-0.15, -0.1) is 0 Å². The van der Waals surface area contributed by atoms with Gasteiger partial charge in [0.05, 0.1) is 19.9 Å². The molecule has 0 spiro atoms. The highest BCUT2D eigenvalue weighted by atomic mass is 35.5. The lowest BCUT2D eigenvalue weighted by Crippen LogP contribution is -2.32. The van der Waals surface area contributed by atoms with Crippen LogP contribution < -0.4 is 10.2 Å². The van der Waals surface area contributed by atoms with Gasteiger partial charge < -0.3 is 9.47 Å². The second-order valence-corrected chi connectivity index (χ2v) is 5.39. The van der Waals surface area contributed by atoms with E-state index in [0.29, 0.717) is 16.5 Å². The minimum Gasteiger partial charge on any atom is -0.497 e. The summed E-state index contributed by atoms with van der Waals surface area (Å²) in [5.74, 6) is -2.54. The van der Waals surface area contributed by atoms with E-state index in [1.54, 1.807) is 36.4 Å². The largest absolute Gasteiger partial charge is 0.497 e. The number of Topliss-reactive ketones (excluding diaryl/α,β-unsaturated/α-hetero) is 2. The molecule has 0 unspecified atom stereocenters. The van der Waals surface area contributed by atoms with Crippen molar-refractivity contribution in [2.75, 3.05) is 19.6 Å². The van der Waals surface area contributed by atoms with Gasteiger partial charge in [0.15, 0.2) is 5.71 Å². The van der Waals surface area contributed by atoms with Crippen molar-refractivity contribution in [1.82, 2.24) is 0 Å². The Morgan fingerprint density at radius 3 is 2.12 bits per heavy atom. The van der Waals surface area contributed by atoms with E-state index in [0.717, 1.165) is 7.11 Å². The Kier molecular flexibility index (Phi) is 6.46. The van der Waals surface area contributed by atoms with Crippen molar-refractivity contribution in [3.8, 4) is 5.75 Å². The van der Waals surface area contributed by atoms with E-state index in [2.05, 4.69) is 15.3 Å². The quantitative estimate of drug-likeness (QED) is 0.200. The fourth-order valence-electron chi connectivity index (χ4n) is 1.92. The maximum absolute atomic E-state index is 12.6. The highest BCUT2D eigenvalue weighted by molar-refractivity contribution is 6.80. The molecular formula is C18H15ClN2O5. The van der Waals surface area contributed by atoms with Gasteiger partial charge in [-0.05, 0) is 48.5 Å². The van der Waals surface area contributed by atoms with Crippen molar-refractivity contribution < 1.29 is 23.9 Å². The van der Waals surface area contributed by atoms with E-state index in [1.165, 1.54) is 19.2 Å². The molecule has 134 valence electrons. The number of ketones is 2. The monoisotopic (exact) mass is 374 g/mol. The number of nitrogens with one attached hydrogen (secondary N) is 1. The molecule has 0 bridgehead atoms. The average Bonchev–Trinajstić information content (AvgIpc) is 2.68. The molecular weight excluding hydrogens is 360 g/mol. The van der Waals surface area contributed by atoms with Crippen molar-refractivity contribution in [3.05, 3.63) is 59.1 Å². The summed E-state index contributed by atoms with van der Waals surface area (Å²) in [6.07, 6.45) is 0. The first-order valence-corrected chi connectivity index (χ1v) is 7.74. The molecule has 0 fully saturated rings. The number of hydrogen-bond donors (Lipinski definition) is 1. The molecule has 7 nitrogen and oxygen atoms in total. The minimum atomic E-state index is -1.19. The van der Waals surface area contributed by atoms with Crippen LogP contribution in [0.3, 0.4) is 0 Å². The number of ether oxygens (including phenoxy) is 2. The molecule has 2 rings (SSSR count). The average molecular weight is 375 g/mol. The summed E-state index contributed by atoms with van der Waals surface area (Å²) < 4.78 is 9.42. The van der Waals surface area contributed by atoms with Crippen molar-refractivity contribution >= 4 is 40.5 Å². The first-order chi connectivity index (χ1) is 12.5. The van der Waals surface area contributed by atoms with Crippen molar-refractivity contribution in [2.24, 2.45) is 5.10 Å². The van der Waals surface area contributed by atoms with Gasteiger partial charge in [0.25, 0.3) is 5.78 Å². The lowest BCUT2D eigenvalue weighted by atomic mass is 10.0. The van der Waals surface area contributed by atoms with Crippen LogP contribution in [0.25, 0.3) is 0 Å². The first kappa shape index (κ1) is 19.1. The van der Waals surface area contributed by atoms with Crippen LogP contribution in [0.1, 0.15) is 10.4 Å². The van der Waals surface area contributed by atoms with Crippen LogP contribution in [-0.4, -0.2) is 37.5 Å². The molecule has 0 atom stereocenters. The third-order valence-electron chi connectivity index (χ3n) is 3.29. The molecule has 8 heteroatoms. The number of methoxy groups -OCH3 is 2. The highest BCUT2D eigenvalue weighted by Crippen LogP contribution is 2.15. The molecule has 26 heavy (non-hydrogen) atoms. The Balaban J connectivity index is 2.34. The molecule has 2 aromatic rings. The second kappa shape index (κ2) is 8.77. The summed E-state index contributed by atoms with van der Waals surface area (Å²) in [7, 11) is 2.53. The second-order valence-electron chi connectivity index (χ2n) is 4.96. The number of carbonyl (C=O) groups is 3. The van der Waals surface area contributed by atoms with Crippen LogP contribution in [-0.2, 0) is 14.3 Å². The third kappa shape index (κ3) is 4.67. The van der Waals surface area contributed by atoms with Gasteiger partial charge in [-0.3, -0.25) is 15.0 Å². The number of benzene rings is 2. The lowest BCUT2D eigenvalue weighted by molar-refractivity contribution is -0.148. The molecule has 2 aromatic carbocycles. The molecule has 0 heterocycles. The smallest absolute Gasteiger partial charge is 0.381 e. The van der Waals surface area contributed by atoms with E-state index in [-0.39, 0.29) is 5.56 Å². The zero-order valence-electron chi connectivity index (χ0n) is 14.0. The van der Waals surface area contributed by atoms with Crippen LogP contribution in [0.15, 0.2) is 53.6 Å². The maximum Gasteiger partial charge on any atom is 0.381 e. The molecule has 0 amide bonds. The minimum absolute atomic E-state index is 0.166. The Morgan fingerprint density at radius 1 is 0.962 bits per heavy atom. The van der Waals surface area contributed by atoms with Gasteiger partial charge in [-0.25, -0.2) is 4.79 Å². The van der Waals surface area contributed by atoms with Crippen LogP contribution in [0.5, 0.6) is 5.75 Å². The van der Waals surface area contributed by atoms with Gasteiger partial charge in [0, 0.05) is 10.6 Å². The number of esters is 1. The molecule has 0 aromatic heterocycles. The van der Waals surface area contributed by atoms with E-state index < -0.39 is 23.2 Å². The SMILES string of the molecule is COC(=O)C(=O)/C(=N/Nc1ccc(Cl)cc1)C(=O)c1ccc(OC)cc1. The molecule has 0 aliphatic rings. The molecule has 0 saturated carbocycles. The van der Waals surface area contributed by atoms with Gasteiger partial charge in [0.1, 0.15) is 5.75 Å². The summed E-state index contributed by atoms with van der Waals surface area (Å²) in [4.78, 5) is 36.4. The summed E-state index contributed by atoms with van der Waals surface area (Å²) in [5.41, 5.74) is 2.61. The van der Waals surface area contributed by atoms with Crippen LogP contribution in [0.2, 0.25) is 5.02 Å². The van der Waals surface area contributed by atoms with Crippen LogP contribution in [0.4, 0.5) is 5.69 Å². The summed E-state index contributed by atoms with van der Waals surface area (Å²) in [6.45, 7) is 0. The molecule has 0 aliphatic heterocycles. The normalized spacial score (nSPS) is 10.8. The zero-order chi connectivity index (χ0) is 19.1. The first-order valence-electron chi connectivity index (χ1n) is 7.37. The topological polar surface area (TPSA) is 94.1 Å². The molecule has 0 aliphatic carbocycles. The van der Waals surface area contributed by atoms with Gasteiger partial charge in [0.2, 0.25) is 5.78 Å². The Hall–Kier alpha value is -3.19. The number of hydrazone groups is 1. The van der Waals surface area contributed by atoms with E-state index in [4.69, 9.17) is 16.3 Å². The standard InChI is InChI=1S/C18H15ClN2O5/c1-25-14-9-3-11(4-10-14)16(22)15(17(23)18(24)26-2)21-20-13-7-5-12(19)6-8-13/h3-10,20H,1-2H3/b21-15+. The number of hydrogen-bond acceptors (Lipinski definition) is 7. The number of carbonyl (C=O) groups excluding carboxylic acids is 3. The Labute approximate surface area is 154 Å². The fraction of sp³-hybridized carbons (Fsp3) is 0.111. The predicted octanol–water partition coefficient (Wildman–Crippen LogP) is 2.74. The van der Waals surface area contributed by atoms with Crippen molar-refractivity contribution in [1.29, 1.82) is 0 Å². The van der Waals surface area contributed by atoms with Gasteiger partial charge >= 0.3 is 5.97 Å².